The van der Waals surface area contributed by atoms with Gasteiger partial charge in [0.2, 0.25) is 5.91 Å². The van der Waals surface area contributed by atoms with E-state index in [0.717, 1.165) is 18.1 Å². The second-order valence-electron chi connectivity index (χ2n) is 6.72. The molecule has 0 spiro atoms. The van der Waals surface area contributed by atoms with Crippen molar-refractivity contribution >= 4 is 28.3 Å². The smallest absolute Gasteiger partial charge is 0.273 e. The molecule has 2 aromatic rings. The van der Waals surface area contributed by atoms with E-state index in [2.05, 4.69) is 32.7 Å². The molecule has 8 heteroatoms. The number of hydrogen-bond acceptors (Lipinski definition) is 6. The SMILES string of the molecule is CCNc1nc(C(=O)N2CCN(CC(=O)NCCc3ccccc3)CC2)cs1. The lowest BCUT2D eigenvalue weighted by atomic mass is 10.1. The van der Waals surface area contributed by atoms with Gasteiger partial charge in [0.1, 0.15) is 5.69 Å². The molecule has 2 heterocycles. The second kappa shape index (κ2) is 10.2. The summed E-state index contributed by atoms with van der Waals surface area (Å²) in [5.74, 6) is -0.00198. The van der Waals surface area contributed by atoms with Crippen molar-refractivity contribution in [3.8, 4) is 0 Å². The number of nitrogens with zero attached hydrogens (tertiary/aromatic N) is 3. The molecule has 3 rings (SSSR count). The fourth-order valence-corrected chi connectivity index (χ4v) is 3.88. The summed E-state index contributed by atoms with van der Waals surface area (Å²) in [5, 5.41) is 8.67. The van der Waals surface area contributed by atoms with E-state index >= 15 is 0 Å². The molecule has 0 unspecified atom stereocenters. The summed E-state index contributed by atoms with van der Waals surface area (Å²) in [6.07, 6.45) is 0.831. The Morgan fingerprint density at radius 3 is 2.61 bits per heavy atom. The molecule has 2 N–H and O–H groups in total. The Morgan fingerprint density at radius 2 is 1.89 bits per heavy atom. The number of rotatable bonds is 8. The summed E-state index contributed by atoms with van der Waals surface area (Å²) in [6.45, 7) is 6.42. The topological polar surface area (TPSA) is 77.6 Å². The summed E-state index contributed by atoms with van der Waals surface area (Å²) >= 11 is 1.45. The van der Waals surface area contributed by atoms with Gasteiger partial charge in [-0.1, -0.05) is 30.3 Å². The molecular formula is C20H27N5O2S. The highest BCUT2D eigenvalue weighted by molar-refractivity contribution is 7.13. The van der Waals surface area contributed by atoms with E-state index in [-0.39, 0.29) is 11.8 Å². The van der Waals surface area contributed by atoms with Crippen molar-refractivity contribution in [3.63, 3.8) is 0 Å². The van der Waals surface area contributed by atoms with Crippen molar-refractivity contribution in [2.75, 3.05) is 51.1 Å². The minimum Gasteiger partial charge on any atom is -0.362 e. The van der Waals surface area contributed by atoms with Gasteiger partial charge in [0.25, 0.3) is 5.91 Å². The molecule has 0 radical (unpaired) electrons. The summed E-state index contributed by atoms with van der Waals surface area (Å²) in [6, 6.07) is 10.1. The maximum absolute atomic E-state index is 12.6. The summed E-state index contributed by atoms with van der Waals surface area (Å²) in [4.78, 5) is 33.0. The highest BCUT2D eigenvalue weighted by Crippen LogP contribution is 2.17. The maximum Gasteiger partial charge on any atom is 0.273 e. The number of hydrogen-bond donors (Lipinski definition) is 2. The zero-order valence-electron chi connectivity index (χ0n) is 16.2. The molecule has 0 aliphatic carbocycles. The summed E-state index contributed by atoms with van der Waals surface area (Å²) in [5.41, 5.74) is 1.71. The zero-order valence-corrected chi connectivity index (χ0v) is 17.0. The Kier molecular flexibility index (Phi) is 7.39. The van der Waals surface area contributed by atoms with Crippen LogP contribution < -0.4 is 10.6 Å². The first kappa shape index (κ1) is 20.3. The lowest BCUT2D eigenvalue weighted by Crippen LogP contribution is -2.51. The third-order valence-corrected chi connectivity index (χ3v) is 5.46. The van der Waals surface area contributed by atoms with Gasteiger partial charge in [0.05, 0.1) is 6.54 Å². The van der Waals surface area contributed by atoms with Crippen molar-refractivity contribution in [1.29, 1.82) is 0 Å². The number of thiazole rings is 1. The van der Waals surface area contributed by atoms with Gasteiger partial charge in [-0.05, 0) is 18.9 Å². The van der Waals surface area contributed by atoms with Crippen LogP contribution >= 0.6 is 11.3 Å². The lowest BCUT2D eigenvalue weighted by molar-refractivity contribution is -0.122. The first-order valence-corrected chi connectivity index (χ1v) is 10.6. The maximum atomic E-state index is 12.6. The van der Waals surface area contributed by atoms with E-state index in [9.17, 15) is 9.59 Å². The molecule has 1 aliphatic rings. The Bertz CT molecular complexity index is 772. The first-order valence-electron chi connectivity index (χ1n) is 9.67. The number of anilines is 1. The Hall–Kier alpha value is -2.45. The predicted molar refractivity (Wildman–Crippen MR) is 112 cm³/mol. The number of carbonyl (C=O) groups is 2. The molecule has 0 saturated carbocycles. The van der Waals surface area contributed by atoms with Gasteiger partial charge in [0, 0.05) is 44.6 Å². The molecule has 0 atom stereocenters. The Balaban J connectivity index is 1.37. The van der Waals surface area contributed by atoms with Crippen molar-refractivity contribution in [2.45, 2.75) is 13.3 Å². The van der Waals surface area contributed by atoms with Crippen LogP contribution in [0.15, 0.2) is 35.7 Å². The normalized spacial score (nSPS) is 14.7. The fraction of sp³-hybridized carbons (Fsp3) is 0.450. The summed E-state index contributed by atoms with van der Waals surface area (Å²) in [7, 11) is 0. The first-order chi connectivity index (χ1) is 13.7. The van der Waals surface area contributed by atoms with Crippen molar-refractivity contribution < 1.29 is 9.59 Å². The third-order valence-electron chi connectivity index (χ3n) is 4.66. The van der Waals surface area contributed by atoms with E-state index in [1.54, 1.807) is 5.38 Å². The lowest BCUT2D eigenvalue weighted by Gasteiger charge is -2.33. The highest BCUT2D eigenvalue weighted by Gasteiger charge is 2.24. The van der Waals surface area contributed by atoms with Crippen LogP contribution in [0.25, 0.3) is 0 Å². The number of piperazine rings is 1. The quantitative estimate of drug-likeness (QED) is 0.704. The van der Waals surface area contributed by atoms with E-state index in [1.807, 2.05) is 30.0 Å². The van der Waals surface area contributed by atoms with Crippen LogP contribution in [-0.4, -0.2) is 72.4 Å². The zero-order chi connectivity index (χ0) is 19.8. The van der Waals surface area contributed by atoms with E-state index in [4.69, 9.17) is 0 Å². The average molecular weight is 402 g/mol. The monoisotopic (exact) mass is 401 g/mol. The van der Waals surface area contributed by atoms with Crippen LogP contribution in [0.2, 0.25) is 0 Å². The third kappa shape index (κ3) is 5.77. The number of aromatic nitrogens is 1. The number of carbonyl (C=O) groups excluding carboxylic acids is 2. The standard InChI is InChI=1S/C20H27N5O2S/c1-2-21-20-23-17(15-28-20)19(27)25-12-10-24(11-13-25)14-18(26)22-9-8-16-6-4-3-5-7-16/h3-7,15H,2,8-14H2,1H3,(H,21,23)(H,22,26). The van der Waals surface area contributed by atoms with Gasteiger partial charge >= 0.3 is 0 Å². The Morgan fingerprint density at radius 1 is 1.14 bits per heavy atom. The molecular weight excluding hydrogens is 374 g/mol. The van der Waals surface area contributed by atoms with Crippen LogP contribution in [0.3, 0.4) is 0 Å². The minimum absolute atomic E-state index is 0.0329. The van der Waals surface area contributed by atoms with E-state index in [1.165, 1.54) is 16.9 Å². The fourth-order valence-electron chi connectivity index (χ4n) is 3.13. The molecule has 1 aliphatic heterocycles. The molecule has 7 nitrogen and oxygen atoms in total. The molecule has 28 heavy (non-hydrogen) atoms. The van der Waals surface area contributed by atoms with Gasteiger partial charge in [-0.25, -0.2) is 4.98 Å². The van der Waals surface area contributed by atoms with E-state index in [0.29, 0.717) is 45.0 Å². The largest absolute Gasteiger partial charge is 0.362 e. The number of benzene rings is 1. The van der Waals surface area contributed by atoms with Crippen molar-refractivity contribution in [1.82, 2.24) is 20.1 Å². The molecule has 2 amide bonds. The summed E-state index contributed by atoms with van der Waals surface area (Å²) < 4.78 is 0. The molecule has 1 aromatic carbocycles. The molecule has 150 valence electrons. The molecule has 1 saturated heterocycles. The van der Waals surface area contributed by atoms with Gasteiger partial charge < -0.3 is 15.5 Å². The van der Waals surface area contributed by atoms with Crippen molar-refractivity contribution in [2.24, 2.45) is 0 Å². The molecule has 1 aromatic heterocycles. The predicted octanol–water partition coefficient (Wildman–Crippen LogP) is 1.69. The Labute approximate surface area is 169 Å². The van der Waals surface area contributed by atoms with Gasteiger partial charge in [-0.15, -0.1) is 11.3 Å². The van der Waals surface area contributed by atoms with Crippen LogP contribution in [-0.2, 0) is 11.2 Å². The second-order valence-corrected chi connectivity index (χ2v) is 7.58. The van der Waals surface area contributed by atoms with Gasteiger partial charge in [-0.3, -0.25) is 14.5 Å². The van der Waals surface area contributed by atoms with Crippen molar-refractivity contribution in [3.05, 3.63) is 47.0 Å². The van der Waals surface area contributed by atoms with E-state index < -0.39 is 0 Å². The molecule has 0 bridgehead atoms. The van der Waals surface area contributed by atoms with Gasteiger partial charge in [-0.2, -0.15) is 0 Å². The van der Waals surface area contributed by atoms with Gasteiger partial charge in [0.15, 0.2) is 5.13 Å². The van der Waals surface area contributed by atoms with Crippen LogP contribution in [0.1, 0.15) is 23.0 Å². The molecule has 1 fully saturated rings. The highest BCUT2D eigenvalue weighted by atomic mass is 32.1. The van der Waals surface area contributed by atoms with Crippen LogP contribution in [0.4, 0.5) is 5.13 Å². The number of amides is 2. The van der Waals surface area contributed by atoms with Crippen LogP contribution in [0.5, 0.6) is 0 Å². The van der Waals surface area contributed by atoms with Crippen LogP contribution in [0, 0.1) is 0 Å². The average Bonchev–Trinajstić information content (AvgIpc) is 3.18. The number of nitrogens with one attached hydrogen (secondary N) is 2. The minimum atomic E-state index is -0.0348.